The number of benzene rings is 2. The Labute approximate surface area is 162 Å². The first-order chi connectivity index (χ1) is 13.3. The van der Waals surface area contributed by atoms with E-state index in [1.54, 1.807) is 0 Å². The second-order valence-corrected chi connectivity index (χ2v) is 7.10. The van der Waals surface area contributed by atoms with Gasteiger partial charge in [0.1, 0.15) is 0 Å². The number of hydrogen-bond donors (Lipinski definition) is 1. The fraction of sp³-hybridized carbons (Fsp3) is 0.435. The Morgan fingerprint density at radius 2 is 1.78 bits per heavy atom. The lowest BCUT2D eigenvalue weighted by Gasteiger charge is -2.29. The molecule has 1 aliphatic heterocycles. The van der Waals surface area contributed by atoms with E-state index in [9.17, 15) is 4.79 Å². The highest BCUT2D eigenvalue weighted by molar-refractivity contribution is 5.91. The largest absolute Gasteiger partial charge is 0.381 e. The molecular formula is C23H30N2O2. The molecule has 144 valence electrons. The first-order valence-corrected chi connectivity index (χ1v) is 10.1. The average molecular weight is 367 g/mol. The van der Waals surface area contributed by atoms with Crippen LogP contribution in [-0.4, -0.2) is 32.2 Å². The molecule has 1 fully saturated rings. The van der Waals surface area contributed by atoms with E-state index in [4.69, 9.17) is 4.74 Å². The van der Waals surface area contributed by atoms with E-state index < -0.39 is 0 Å². The van der Waals surface area contributed by atoms with E-state index in [0.717, 1.165) is 31.6 Å². The lowest BCUT2D eigenvalue weighted by Crippen LogP contribution is -2.29. The quantitative estimate of drug-likeness (QED) is 0.657. The van der Waals surface area contributed by atoms with Crippen LogP contribution in [0, 0.1) is 0 Å². The highest BCUT2D eigenvalue weighted by Crippen LogP contribution is 2.23. The molecule has 0 aliphatic carbocycles. The number of carbonyl (C=O) groups is 1. The van der Waals surface area contributed by atoms with Crippen LogP contribution in [-0.2, 0) is 16.0 Å². The third-order valence-electron chi connectivity index (χ3n) is 4.92. The number of piperidine rings is 1. The molecule has 0 unspecified atom stereocenters. The van der Waals surface area contributed by atoms with Gasteiger partial charge in [-0.05, 0) is 55.9 Å². The fourth-order valence-electron chi connectivity index (χ4n) is 3.43. The van der Waals surface area contributed by atoms with Crippen molar-refractivity contribution >= 4 is 17.3 Å². The molecule has 2 aromatic rings. The van der Waals surface area contributed by atoms with Crippen LogP contribution >= 0.6 is 0 Å². The number of hydrogen-bond acceptors (Lipinski definition) is 3. The first-order valence-electron chi connectivity index (χ1n) is 10.1. The molecular weight excluding hydrogens is 336 g/mol. The lowest BCUT2D eigenvalue weighted by molar-refractivity contribution is -0.116. The number of amides is 1. The summed E-state index contributed by atoms with van der Waals surface area (Å²) in [5.74, 6) is 0.0532. The molecule has 0 radical (unpaired) electrons. The van der Waals surface area contributed by atoms with Gasteiger partial charge in [-0.15, -0.1) is 0 Å². The van der Waals surface area contributed by atoms with Crippen molar-refractivity contribution in [3.63, 3.8) is 0 Å². The molecule has 1 heterocycles. The van der Waals surface area contributed by atoms with Gasteiger partial charge >= 0.3 is 0 Å². The summed E-state index contributed by atoms with van der Waals surface area (Å²) >= 11 is 0. The zero-order valence-electron chi connectivity index (χ0n) is 16.0. The van der Waals surface area contributed by atoms with Gasteiger partial charge in [-0.2, -0.15) is 0 Å². The minimum Gasteiger partial charge on any atom is -0.381 e. The third-order valence-corrected chi connectivity index (χ3v) is 4.92. The molecule has 4 nitrogen and oxygen atoms in total. The maximum atomic E-state index is 12.2. The summed E-state index contributed by atoms with van der Waals surface area (Å²) in [5.41, 5.74) is 3.37. The van der Waals surface area contributed by atoms with E-state index in [0.29, 0.717) is 19.6 Å². The number of carbonyl (C=O) groups excluding carboxylic acids is 1. The number of ether oxygens (including phenoxy) is 1. The lowest BCUT2D eigenvalue weighted by atomic mass is 10.1. The summed E-state index contributed by atoms with van der Waals surface area (Å²) in [6.07, 6.45) is 5.96. The van der Waals surface area contributed by atoms with Gasteiger partial charge in [0.05, 0.1) is 6.61 Å². The molecule has 0 saturated carbocycles. The topological polar surface area (TPSA) is 41.6 Å². The Morgan fingerprint density at radius 1 is 0.963 bits per heavy atom. The molecule has 1 amide bonds. The second-order valence-electron chi connectivity index (χ2n) is 7.10. The Balaban J connectivity index is 1.33. The van der Waals surface area contributed by atoms with Crippen LogP contribution in [0.5, 0.6) is 0 Å². The van der Waals surface area contributed by atoms with Gasteiger partial charge in [-0.25, -0.2) is 0 Å². The number of rotatable bonds is 9. The van der Waals surface area contributed by atoms with Crippen molar-refractivity contribution in [3.05, 3.63) is 60.2 Å². The van der Waals surface area contributed by atoms with Crippen LogP contribution in [0.15, 0.2) is 54.6 Å². The summed E-state index contributed by atoms with van der Waals surface area (Å²) in [7, 11) is 0. The van der Waals surface area contributed by atoms with E-state index in [1.807, 2.05) is 30.3 Å². The predicted molar refractivity (Wildman–Crippen MR) is 111 cm³/mol. The van der Waals surface area contributed by atoms with Gasteiger partial charge in [0.15, 0.2) is 0 Å². The summed E-state index contributed by atoms with van der Waals surface area (Å²) in [6, 6.07) is 18.5. The van der Waals surface area contributed by atoms with Crippen molar-refractivity contribution in [3.8, 4) is 0 Å². The molecule has 0 spiro atoms. The van der Waals surface area contributed by atoms with E-state index in [1.165, 1.54) is 30.5 Å². The van der Waals surface area contributed by atoms with Crippen molar-refractivity contribution < 1.29 is 9.53 Å². The maximum Gasteiger partial charge on any atom is 0.224 e. The molecule has 3 rings (SSSR count). The van der Waals surface area contributed by atoms with Crippen molar-refractivity contribution in [2.75, 3.05) is 36.5 Å². The highest BCUT2D eigenvalue weighted by atomic mass is 16.5. The molecule has 2 aromatic carbocycles. The number of anilines is 2. The molecule has 27 heavy (non-hydrogen) atoms. The van der Waals surface area contributed by atoms with Crippen LogP contribution in [0.25, 0.3) is 0 Å². The zero-order chi connectivity index (χ0) is 18.7. The Hall–Kier alpha value is -2.33. The summed E-state index contributed by atoms with van der Waals surface area (Å²) in [6.45, 7) is 3.53. The van der Waals surface area contributed by atoms with Crippen LogP contribution in [0.4, 0.5) is 11.4 Å². The fourth-order valence-corrected chi connectivity index (χ4v) is 3.43. The van der Waals surface area contributed by atoms with Crippen molar-refractivity contribution in [2.45, 2.75) is 38.5 Å². The Bertz CT molecular complexity index is 697. The van der Waals surface area contributed by atoms with Crippen molar-refractivity contribution in [2.24, 2.45) is 0 Å². The summed E-state index contributed by atoms with van der Waals surface area (Å²) < 4.78 is 5.65. The summed E-state index contributed by atoms with van der Waals surface area (Å²) in [4.78, 5) is 14.6. The molecule has 1 saturated heterocycles. The summed E-state index contributed by atoms with van der Waals surface area (Å²) in [5, 5.41) is 3.02. The van der Waals surface area contributed by atoms with Crippen LogP contribution < -0.4 is 10.2 Å². The standard InChI is InChI=1S/C23H30N2O2/c26-23(13-8-17-27-18-14-20-9-3-1-4-10-20)24-21-11-7-12-22(19-21)25-15-5-2-6-16-25/h1,3-4,7,9-12,19H,2,5-6,8,13-18H2,(H,24,26). The minimum absolute atomic E-state index is 0.0532. The molecule has 0 bridgehead atoms. The van der Waals surface area contributed by atoms with E-state index in [2.05, 4.69) is 34.5 Å². The van der Waals surface area contributed by atoms with Crippen LogP contribution in [0.2, 0.25) is 0 Å². The van der Waals surface area contributed by atoms with Crippen LogP contribution in [0.1, 0.15) is 37.7 Å². The van der Waals surface area contributed by atoms with Crippen LogP contribution in [0.3, 0.4) is 0 Å². The Morgan fingerprint density at radius 3 is 2.59 bits per heavy atom. The van der Waals surface area contributed by atoms with Gasteiger partial charge in [-0.1, -0.05) is 36.4 Å². The smallest absolute Gasteiger partial charge is 0.224 e. The molecule has 0 aromatic heterocycles. The zero-order valence-corrected chi connectivity index (χ0v) is 16.0. The van der Waals surface area contributed by atoms with Gasteiger partial charge in [-0.3, -0.25) is 4.79 Å². The van der Waals surface area contributed by atoms with Crippen molar-refractivity contribution in [1.82, 2.24) is 0 Å². The maximum absolute atomic E-state index is 12.2. The van der Waals surface area contributed by atoms with Crippen molar-refractivity contribution in [1.29, 1.82) is 0 Å². The normalized spacial score (nSPS) is 14.1. The third kappa shape index (κ3) is 6.72. The molecule has 0 atom stereocenters. The van der Waals surface area contributed by atoms with Gasteiger partial charge < -0.3 is 15.0 Å². The minimum atomic E-state index is 0.0532. The first kappa shape index (κ1) is 19.4. The average Bonchev–Trinajstić information content (AvgIpc) is 2.72. The predicted octanol–water partition coefficient (Wildman–Crippen LogP) is 4.65. The number of nitrogens with one attached hydrogen (secondary N) is 1. The SMILES string of the molecule is O=C(CCCOCCc1ccccc1)Nc1cccc(N2CCCCC2)c1. The monoisotopic (exact) mass is 366 g/mol. The van der Waals surface area contributed by atoms with E-state index >= 15 is 0 Å². The second kappa shape index (κ2) is 10.7. The van der Waals surface area contributed by atoms with E-state index in [-0.39, 0.29) is 5.91 Å². The van der Waals surface area contributed by atoms with Gasteiger partial charge in [0.25, 0.3) is 0 Å². The van der Waals surface area contributed by atoms with Gasteiger partial charge in [0.2, 0.25) is 5.91 Å². The molecule has 1 N–H and O–H groups in total. The highest BCUT2D eigenvalue weighted by Gasteiger charge is 2.11. The number of nitrogens with zero attached hydrogens (tertiary/aromatic N) is 1. The Kier molecular flexibility index (Phi) is 7.72. The molecule has 4 heteroatoms. The molecule has 1 aliphatic rings. The van der Waals surface area contributed by atoms with Gasteiger partial charge in [0, 0.05) is 37.5 Å².